The maximum Gasteiger partial charge on any atom is 0.160 e. The van der Waals surface area contributed by atoms with Gasteiger partial charge in [0.25, 0.3) is 0 Å². The first-order valence-electron chi connectivity index (χ1n) is 3.88. The summed E-state index contributed by atoms with van der Waals surface area (Å²) in [6.45, 7) is 1.15. The molecule has 0 radical (unpaired) electrons. The van der Waals surface area contributed by atoms with E-state index in [2.05, 4.69) is 0 Å². The van der Waals surface area contributed by atoms with Gasteiger partial charge in [-0.05, 0) is 0 Å². The first kappa shape index (κ1) is 9.88. The molecular formula is C7H14O5. The summed E-state index contributed by atoms with van der Waals surface area (Å²) < 4.78 is 4.83. The summed E-state index contributed by atoms with van der Waals surface area (Å²) in [5.74, 6) is -0.539. The van der Waals surface area contributed by atoms with Crippen molar-refractivity contribution in [2.24, 2.45) is 5.92 Å². The van der Waals surface area contributed by atoms with Crippen LogP contribution in [0.1, 0.15) is 6.92 Å². The molecule has 5 heteroatoms. The largest absolute Gasteiger partial charge is 0.394 e. The molecule has 1 fully saturated rings. The molecule has 1 rings (SSSR count). The van der Waals surface area contributed by atoms with E-state index in [1.54, 1.807) is 6.92 Å². The number of aliphatic hydroxyl groups excluding tert-OH is 4. The van der Waals surface area contributed by atoms with Crippen LogP contribution in [0.2, 0.25) is 0 Å². The molecule has 1 heterocycles. The van der Waals surface area contributed by atoms with Crippen LogP contribution in [0.3, 0.4) is 0 Å². The van der Waals surface area contributed by atoms with Gasteiger partial charge in [-0.15, -0.1) is 0 Å². The average molecular weight is 178 g/mol. The Morgan fingerprint density at radius 2 is 1.75 bits per heavy atom. The van der Waals surface area contributed by atoms with E-state index in [0.717, 1.165) is 0 Å². The molecule has 0 aliphatic carbocycles. The van der Waals surface area contributed by atoms with Gasteiger partial charge in [-0.3, -0.25) is 0 Å². The van der Waals surface area contributed by atoms with Crippen molar-refractivity contribution in [2.75, 3.05) is 6.61 Å². The molecule has 1 aliphatic heterocycles. The quantitative estimate of drug-likeness (QED) is 0.375. The highest BCUT2D eigenvalue weighted by Gasteiger charge is 2.40. The van der Waals surface area contributed by atoms with Crippen LogP contribution in [0.5, 0.6) is 0 Å². The van der Waals surface area contributed by atoms with Crippen molar-refractivity contribution in [2.45, 2.75) is 31.5 Å². The SMILES string of the molecule is C[C@H]1C(O)OC(CO)C(O)[C@@H]1O. The molecule has 0 amide bonds. The molecule has 0 aromatic heterocycles. The van der Waals surface area contributed by atoms with E-state index in [9.17, 15) is 10.2 Å². The second kappa shape index (κ2) is 3.68. The molecule has 0 saturated carbocycles. The smallest absolute Gasteiger partial charge is 0.160 e. The third kappa shape index (κ3) is 1.60. The molecule has 5 atom stereocenters. The van der Waals surface area contributed by atoms with Gasteiger partial charge in [0.1, 0.15) is 12.2 Å². The van der Waals surface area contributed by atoms with E-state index in [-0.39, 0.29) is 0 Å². The number of ether oxygens (including phenoxy) is 1. The standard InChI is InChI=1S/C7H14O5/c1-3-5(9)6(10)4(2-8)12-7(3)11/h3-11H,2H2,1H3/t3-,4?,5-,6?,7?/m1/s1. The monoisotopic (exact) mass is 178 g/mol. The van der Waals surface area contributed by atoms with Gasteiger partial charge in [0, 0.05) is 5.92 Å². The van der Waals surface area contributed by atoms with Crippen LogP contribution < -0.4 is 0 Å². The molecule has 5 nitrogen and oxygen atoms in total. The lowest BCUT2D eigenvalue weighted by Gasteiger charge is -2.38. The Hall–Kier alpha value is -0.200. The Balaban J connectivity index is 2.63. The predicted octanol–water partition coefficient (Wildman–Crippen LogP) is -1.95. The lowest BCUT2D eigenvalue weighted by molar-refractivity contribution is -0.266. The van der Waals surface area contributed by atoms with Crippen molar-refractivity contribution < 1.29 is 25.2 Å². The normalized spacial score (nSPS) is 49.2. The number of aliphatic hydroxyl groups is 4. The highest BCUT2D eigenvalue weighted by molar-refractivity contribution is 4.86. The summed E-state index contributed by atoms with van der Waals surface area (Å²) in [6.07, 6.45) is -4.20. The molecule has 3 unspecified atom stereocenters. The first-order chi connectivity index (χ1) is 5.57. The summed E-state index contributed by atoms with van der Waals surface area (Å²) in [5.41, 5.74) is 0. The topological polar surface area (TPSA) is 90.2 Å². The lowest BCUT2D eigenvalue weighted by atomic mass is 9.93. The molecule has 4 N–H and O–H groups in total. The zero-order valence-corrected chi connectivity index (χ0v) is 6.79. The Labute approximate surface area is 70.2 Å². The third-order valence-electron chi connectivity index (χ3n) is 2.21. The maximum atomic E-state index is 9.32. The minimum absolute atomic E-state index is 0.415. The van der Waals surface area contributed by atoms with E-state index < -0.39 is 37.1 Å². The van der Waals surface area contributed by atoms with Crippen molar-refractivity contribution in [3.8, 4) is 0 Å². The molecule has 1 saturated heterocycles. The Morgan fingerprint density at radius 3 is 2.25 bits per heavy atom. The van der Waals surface area contributed by atoms with Gasteiger partial charge in [0.2, 0.25) is 0 Å². The summed E-state index contributed by atoms with van der Waals surface area (Å²) in [4.78, 5) is 0. The molecule has 0 bridgehead atoms. The third-order valence-corrected chi connectivity index (χ3v) is 2.21. The van der Waals surface area contributed by atoms with Crippen LogP contribution in [0.15, 0.2) is 0 Å². The summed E-state index contributed by atoms with van der Waals surface area (Å²) in [6, 6.07) is 0. The van der Waals surface area contributed by atoms with Crippen molar-refractivity contribution in [3.63, 3.8) is 0 Å². The lowest BCUT2D eigenvalue weighted by Crippen LogP contribution is -2.54. The van der Waals surface area contributed by atoms with Gasteiger partial charge in [0.15, 0.2) is 6.29 Å². The molecular weight excluding hydrogens is 164 g/mol. The maximum absolute atomic E-state index is 9.32. The summed E-state index contributed by atoms with van der Waals surface area (Å²) >= 11 is 0. The molecule has 12 heavy (non-hydrogen) atoms. The van der Waals surface area contributed by atoms with Crippen LogP contribution in [-0.4, -0.2) is 51.6 Å². The van der Waals surface area contributed by atoms with Crippen molar-refractivity contribution in [1.82, 2.24) is 0 Å². The average Bonchev–Trinajstić information content (AvgIpc) is 2.08. The minimum Gasteiger partial charge on any atom is -0.394 e. The van der Waals surface area contributed by atoms with Crippen LogP contribution in [0.25, 0.3) is 0 Å². The van der Waals surface area contributed by atoms with Gasteiger partial charge in [-0.1, -0.05) is 6.92 Å². The first-order valence-corrected chi connectivity index (χ1v) is 3.88. The van der Waals surface area contributed by atoms with Crippen molar-refractivity contribution in [3.05, 3.63) is 0 Å². The van der Waals surface area contributed by atoms with Crippen molar-refractivity contribution >= 4 is 0 Å². The highest BCUT2D eigenvalue weighted by atomic mass is 16.6. The summed E-state index contributed by atoms with van der Waals surface area (Å²) in [5, 5.41) is 36.4. The zero-order chi connectivity index (χ0) is 9.30. The van der Waals surface area contributed by atoms with Crippen LogP contribution in [-0.2, 0) is 4.74 Å². The van der Waals surface area contributed by atoms with Gasteiger partial charge in [-0.2, -0.15) is 0 Å². The summed E-state index contributed by atoms with van der Waals surface area (Å²) in [7, 11) is 0. The van der Waals surface area contributed by atoms with Gasteiger partial charge in [-0.25, -0.2) is 0 Å². The van der Waals surface area contributed by atoms with Crippen LogP contribution in [0, 0.1) is 5.92 Å². The predicted molar refractivity (Wildman–Crippen MR) is 39.1 cm³/mol. The molecule has 72 valence electrons. The zero-order valence-electron chi connectivity index (χ0n) is 6.79. The van der Waals surface area contributed by atoms with Gasteiger partial charge in [0.05, 0.1) is 12.7 Å². The Bertz CT molecular complexity index is 146. The molecule has 0 aromatic rings. The van der Waals surface area contributed by atoms with E-state index in [0.29, 0.717) is 0 Å². The van der Waals surface area contributed by atoms with E-state index in [1.807, 2.05) is 0 Å². The fraction of sp³-hybridized carbons (Fsp3) is 1.00. The molecule has 1 aliphatic rings. The minimum atomic E-state index is -1.13. The molecule has 0 spiro atoms. The fourth-order valence-electron chi connectivity index (χ4n) is 1.23. The second-order valence-electron chi connectivity index (χ2n) is 3.09. The number of rotatable bonds is 1. The van der Waals surface area contributed by atoms with E-state index in [1.165, 1.54) is 0 Å². The highest BCUT2D eigenvalue weighted by Crippen LogP contribution is 2.23. The van der Waals surface area contributed by atoms with E-state index >= 15 is 0 Å². The molecule has 0 aromatic carbocycles. The number of hydrogen-bond donors (Lipinski definition) is 4. The Morgan fingerprint density at radius 1 is 1.17 bits per heavy atom. The van der Waals surface area contributed by atoms with Gasteiger partial charge >= 0.3 is 0 Å². The fourth-order valence-corrected chi connectivity index (χ4v) is 1.23. The Kier molecular flexibility index (Phi) is 3.03. The van der Waals surface area contributed by atoms with Crippen LogP contribution in [0.4, 0.5) is 0 Å². The van der Waals surface area contributed by atoms with Crippen LogP contribution >= 0.6 is 0 Å². The van der Waals surface area contributed by atoms with E-state index in [4.69, 9.17) is 14.9 Å². The van der Waals surface area contributed by atoms with Crippen molar-refractivity contribution in [1.29, 1.82) is 0 Å². The van der Waals surface area contributed by atoms with Gasteiger partial charge < -0.3 is 25.2 Å². The number of hydrogen-bond acceptors (Lipinski definition) is 5. The second-order valence-corrected chi connectivity index (χ2v) is 3.09.